The number of amides is 2. The Morgan fingerprint density at radius 2 is 1.48 bits per heavy atom. The number of nitrogens with zero attached hydrogens (tertiary/aromatic N) is 1. The van der Waals surface area contributed by atoms with E-state index in [9.17, 15) is 9.59 Å². The number of hydrogen-bond donors (Lipinski definition) is 2. The molecule has 27 heavy (non-hydrogen) atoms. The Bertz CT molecular complexity index is 700. The van der Waals surface area contributed by atoms with Crippen LogP contribution in [0.15, 0.2) is 60.7 Å². The number of nitrogens with one attached hydrogen (secondary N) is 2. The van der Waals surface area contributed by atoms with Gasteiger partial charge in [0.15, 0.2) is 0 Å². The molecule has 0 bridgehead atoms. The summed E-state index contributed by atoms with van der Waals surface area (Å²) in [6, 6.07) is 19.4. The third-order valence-electron chi connectivity index (χ3n) is 4.62. The lowest BCUT2D eigenvalue weighted by molar-refractivity contribution is -0.120. The Hall–Kier alpha value is -2.66. The number of benzene rings is 2. The molecule has 144 valence electrons. The van der Waals surface area contributed by atoms with Gasteiger partial charge in [-0.2, -0.15) is 0 Å². The molecule has 0 saturated heterocycles. The largest absolute Gasteiger partial charge is 0.353 e. The van der Waals surface area contributed by atoms with E-state index in [0.717, 1.165) is 19.5 Å². The molecular weight excluding hydrogens is 338 g/mol. The van der Waals surface area contributed by atoms with Crippen LogP contribution in [0.3, 0.4) is 0 Å². The number of carbonyl (C=O) groups excluding carboxylic acids is 2. The van der Waals surface area contributed by atoms with Crippen LogP contribution < -0.4 is 10.6 Å². The Morgan fingerprint density at radius 3 is 2.07 bits per heavy atom. The van der Waals surface area contributed by atoms with Gasteiger partial charge in [-0.25, -0.2) is 0 Å². The number of likely N-dealkylation sites (N-methyl/N-ethyl adjacent to an activating group) is 1. The van der Waals surface area contributed by atoms with Gasteiger partial charge in [-0.3, -0.25) is 14.5 Å². The summed E-state index contributed by atoms with van der Waals surface area (Å²) in [4.78, 5) is 26.6. The molecule has 0 aliphatic heterocycles. The maximum absolute atomic E-state index is 12.2. The molecule has 5 nitrogen and oxygen atoms in total. The van der Waals surface area contributed by atoms with Crippen molar-refractivity contribution < 1.29 is 9.59 Å². The zero-order chi connectivity index (χ0) is 19.5. The summed E-state index contributed by atoms with van der Waals surface area (Å²) in [5.41, 5.74) is 1.80. The van der Waals surface area contributed by atoms with Gasteiger partial charge in [0.05, 0.1) is 6.54 Å². The molecule has 0 heterocycles. The first-order chi connectivity index (χ1) is 13.1. The highest BCUT2D eigenvalue weighted by molar-refractivity contribution is 5.96. The zero-order valence-electron chi connectivity index (χ0n) is 16.2. The minimum absolute atomic E-state index is 0.0238. The van der Waals surface area contributed by atoms with Crippen LogP contribution in [0.1, 0.15) is 29.8 Å². The Kier molecular flexibility index (Phi) is 8.52. The normalized spacial score (nSPS) is 11.8. The maximum atomic E-state index is 12.2. The van der Waals surface area contributed by atoms with Crippen LogP contribution in [-0.4, -0.2) is 48.9 Å². The third-order valence-corrected chi connectivity index (χ3v) is 4.62. The van der Waals surface area contributed by atoms with Crippen LogP contribution in [-0.2, 0) is 11.2 Å². The predicted octanol–water partition coefficient (Wildman–Crippen LogP) is 2.49. The molecule has 2 N–H and O–H groups in total. The van der Waals surface area contributed by atoms with Crippen molar-refractivity contribution >= 4 is 11.8 Å². The molecule has 0 spiro atoms. The lowest BCUT2D eigenvalue weighted by Gasteiger charge is -2.30. The van der Waals surface area contributed by atoms with Crippen LogP contribution in [0.5, 0.6) is 0 Å². The fraction of sp³-hybridized carbons (Fsp3) is 0.364. The Balaban J connectivity index is 1.85. The van der Waals surface area contributed by atoms with Gasteiger partial charge < -0.3 is 10.6 Å². The van der Waals surface area contributed by atoms with Crippen LogP contribution in [0.4, 0.5) is 0 Å². The Labute approximate surface area is 161 Å². The molecule has 0 saturated carbocycles. The second-order valence-corrected chi connectivity index (χ2v) is 6.42. The average molecular weight is 367 g/mol. The van der Waals surface area contributed by atoms with Crippen molar-refractivity contribution in [3.8, 4) is 0 Å². The first-order valence-electron chi connectivity index (χ1n) is 9.52. The van der Waals surface area contributed by atoms with Gasteiger partial charge in [0, 0.05) is 18.2 Å². The maximum Gasteiger partial charge on any atom is 0.251 e. The summed E-state index contributed by atoms with van der Waals surface area (Å²) in [7, 11) is 0. The molecule has 5 heteroatoms. The third kappa shape index (κ3) is 6.87. The second kappa shape index (κ2) is 11.1. The van der Waals surface area contributed by atoms with E-state index >= 15 is 0 Å². The highest BCUT2D eigenvalue weighted by Crippen LogP contribution is 2.08. The summed E-state index contributed by atoms with van der Waals surface area (Å²) in [5, 5.41) is 5.63. The average Bonchev–Trinajstić information content (AvgIpc) is 2.72. The van der Waals surface area contributed by atoms with Crippen molar-refractivity contribution in [1.29, 1.82) is 0 Å². The van der Waals surface area contributed by atoms with Crippen LogP contribution in [0.2, 0.25) is 0 Å². The summed E-state index contributed by atoms with van der Waals surface area (Å²) in [6.07, 6.45) is 0.874. The quantitative estimate of drug-likeness (QED) is 0.678. The SMILES string of the molecule is CCN(CC)[C@@H](CNC(=O)CNC(=O)c1ccccc1)Cc1ccccc1. The summed E-state index contributed by atoms with van der Waals surface area (Å²) < 4.78 is 0. The van der Waals surface area contributed by atoms with Gasteiger partial charge in [-0.05, 0) is 37.2 Å². The lowest BCUT2D eigenvalue weighted by Crippen LogP contribution is -2.47. The Morgan fingerprint density at radius 1 is 0.889 bits per heavy atom. The van der Waals surface area contributed by atoms with Gasteiger partial charge in [-0.1, -0.05) is 62.4 Å². The molecule has 0 unspecified atom stereocenters. The van der Waals surface area contributed by atoms with E-state index in [-0.39, 0.29) is 24.4 Å². The van der Waals surface area contributed by atoms with Crippen molar-refractivity contribution in [2.45, 2.75) is 26.3 Å². The van der Waals surface area contributed by atoms with Crippen LogP contribution in [0, 0.1) is 0 Å². The number of rotatable bonds is 10. The molecule has 2 rings (SSSR count). The summed E-state index contributed by atoms with van der Waals surface area (Å²) >= 11 is 0. The van der Waals surface area contributed by atoms with Gasteiger partial charge in [-0.15, -0.1) is 0 Å². The number of hydrogen-bond acceptors (Lipinski definition) is 3. The van der Waals surface area contributed by atoms with Crippen molar-refractivity contribution in [2.75, 3.05) is 26.2 Å². The zero-order valence-corrected chi connectivity index (χ0v) is 16.2. The summed E-state index contributed by atoms with van der Waals surface area (Å²) in [5.74, 6) is -0.417. The molecule has 0 radical (unpaired) electrons. The molecule has 2 aromatic rings. The molecule has 1 atom stereocenters. The standard InChI is InChI=1S/C22H29N3O2/c1-3-25(4-2)20(15-18-11-7-5-8-12-18)16-23-21(26)17-24-22(27)19-13-9-6-10-14-19/h5-14,20H,3-4,15-17H2,1-2H3,(H,23,26)(H,24,27)/t20-/m1/s1. The smallest absolute Gasteiger partial charge is 0.251 e. The van der Waals surface area contributed by atoms with Crippen molar-refractivity contribution in [3.05, 3.63) is 71.8 Å². The minimum Gasteiger partial charge on any atom is -0.353 e. The monoisotopic (exact) mass is 367 g/mol. The molecule has 0 aromatic heterocycles. The van der Waals surface area contributed by atoms with E-state index in [1.54, 1.807) is 24.3 Å². The molecule has 0 aliphatic carbocycles. The van der Waals surface area contributed by atoms with Crippen molar-refractivity contribution in [1.82, 2.24) is 15.5 Å². The van der Waals surface area contributed by atoms with E-state index in [1.165, 1.54) is 5.56 Å². The van der Waals surface area contributed by atoms with Crippen LogP contribution in [0.25, 0.3) is 0 Å². The van der Waals surface area contributed by atoms with E-state index in [0.29, 0.717) is 12.1 Å². The van der Waals surface area contributed by atoms with Gasteiger partial charge in [0.1, 0.15) is 0 Å². The lowest BCUT2D eigenvalue weighted by atomic mass is 10.0. The fourth-order valence-electron chi connectivity index (χ4n) is 3.10. The van der Waals surface area contributed by atoms with Crippen molar-refractivity contribution in [3.63, 3.8) is 0 Å². The van der Waals surface area contributed by atoms with E-state index in [4.69, 9.17) is 0 Å². The first kappa shape index (κ1) is 20.6. The molecule has 0 aliphatic rings. The van der Waals surface area contributed by atoms with E-state index in [1.807, 2.05) is 24.3 Å². The van der Waals surface area contributed by atoms with E-state index < -0.39 is 0 Å². The highest BCUT2D eigenvalue weighted by atomic mass is 16.2. The fourth-order valence-corrected chi connectivity index (χ4v) is 3.10. The van der Waals surface area contributed by atoms with E-state index in [2.05, 4.69) is 41.5 Å². The first-order valence-corrected chi connectivity index (χ1v) is 9.52. The number of carbonyl (C=O) groups is 2. The second-order valence-electron chi connectivity index (χ2n) is 6.42. The highest BCUT2D eigenvalue weighted by Gasteiger charge is 2.17. The van der Waals surface area contributed by atoms with Gasteiger partial charge in [0.2, 0.25) is 5.91 Å². The van der Waals surface area contributed by atoms with Gasteiger partial charge >= 0.3 is 0 Å². The predicted molar refractivity (Wildman–Crippen MR) is 109 cm³/mol. The molecule has 0 fully saturated rings. The molecular formula is C22H29N3O2. The van der Waals surface area contributed by atoms with Gasteiger partial charge in [0.25, 0.3) is 5.91 Å². The summed E-state index contributed by atoms with van der Waals surface area (Å²) in [6.45, 7) is 6.64. The van der Waals surface area contributed by atoms with Crippen LogP contribution >= 0.6 is 0 Å². The molecule has 2 aromatic carbocycles. The molecule has 2 amide bonds. The van der Waals surface area contributed by atoms with Crippen molar-refractivity contribution in [2.24, 2.45) is 0 Å². The minimum atomic E-state index is -0.240. The topological polar surface area (TPSA) is 61.4 Å².